The number of nitrogens with zero attached hydrogens (tertiary/aromatic N) is 2. The summed E-state index contributed by atoms with van der Waals surface area (Å²) in [5.41, 5.74) is 1.41. The van der Waals surface area contributed by atoms with E-state index < -0.39 is 5.97 Å². The van der Waals surface area contributed by atoms with E-state index in [1.54, 1.807) is 43.5 Å². The maximum atomic E-state index is 13.6. The number of anilines is 2. The number of pyridine rings is 1. The molecule has 0 atom stereocenters. The number of hydrogen-bond acceptors (Lipinski definition) is 3. The van der Waals surface area contributed by atoms with Crippen LogP contribution in [0.2, 0.25) is 0 Å². The van der Waals surface area contributed by atoms with Crippen molar-refractivity contribution in [3.05, 3.63) is 59.7 Å². The van der Waals surface area contributed by atoms with Crippen LogP contribution in [0.15, 0.2) is 42.6 Å². The highest BCUT2D eigenvalue weighted by molar-refractivity contribution is 5.94. The Kier molecular flexibility index (Phi) is 3.06. The average Bonchev–Trinajstić information content (AvgIpc) is 2.82. The minimum atomic E-state index is -1.11. The zero-order valence-corrected chi connectivity index (χ0v) is 11.2. The zero-order valence-electron chi connectivity index (χ0n) is 11.2. The number of carboxylic acids is 1. The molecule has 0 aliphatic rings. The Labute approximate surface area is 119 Å². The van der Waals surface area contributed by atoms with Crippen LogP contribution in [-0.4, -0.2) is 20.5 Å². The summed E-state index contributed by atoms with van der Waals surface area (Å²) in [4.78, 5) is 15.7. The van der Waals surface area contributed by atoms with Crippen LogP contribution in [0.25, 0.3) is 5.65 Å². The summed E-state index contributed by atoms with van der Waals surface area (Å²) >= 11 is 0. The predicted octanol–water partition coefficient (Wildman–Crippen LogP) is 3.22. The van der Waals surface area contributed by atoms with E-state index in [1.807, 2.05) is 0 Å². The first-order valence-electron chi connectivity index (χ1n) is 6.30. The summed E-state index contributed by atoms with van der Waals surface area (Å²) in [7, 11) is 0. The lowest BCUT2D eigenvalue weighted by atomic mass is 10.2. The Morgan fingerprint density at radius 3 is 2.86 bits per heavy atom. The topological polar surface area (TPSA) is 66.6 Å². The van der Waals surface area contributed by atoms with Gasteiger partial charge in [0.1, 0.15) is 11.5 Å². The van der Waals surface area contributed by atoms with Gasteiger partial charge in [-0.1, -0.05) is 12.1 Å². The molecule has 5 nitrogen and oxygen atoms in total. The molecule has 2 N–H and O–H groups in total. The molecular weight excluding hydrogens is 273 g/mol. The third kappa shape index (κ3) is 2.20. The lowest BCUT2D eigenvalue weighted by molar-refractivity contribution is 0.0690. The van der Waals surface area contributed by atoms with Crippen molar-refractivity contribution in [3.63, 3.8) is 0 Å². The van der Waals surface area contributed by atoms with Crippen LogP contribution in [0, 0.1) is 12.7 Å². The molecule has 106 valence electrons. The van der Waals surface area contributed by atoms with Crippen LogP contribution in [-0.2, 0) is 0 Å². The molecule has 21 heavy (non-hydrogen) atoms. The standard InChI is InChI=1S/C15H12FN3O2/c1-9-10(16)5-4-6-11(9)17-14-13(15(20)21)19-8-3-2-7-12(19)18-14/h2-8,17H,1H3,(H,20,21). The molecule has 0 amide bonds. The number of carbonyl (C=O) groups is 1. The second-order valence-electron chi connectivity index (χ2n) is 4.58. The first-order valence-corrected chi connectivity index (χ1v) is 6.30. The summed E-state index contributed by atoms with van der Waals surface area (Å²) in [6.07, 6.45) is 1.62. The molecule has 0 fully saturated rings. The first-order chi connectivity index (χ1) is 10.1. The molecule has 0 spiro atoms. The summed E-state index contributed by atoms with van der Waals surface area (Å²) in [5, 5.41) is 12.3. The third-order valence-electron chi connectivity index (χ3n) is 3.25. The lowest BCUT2D eigenvalue weighted by Crippen LogP contribution is -2.06. The molecule has 0 aliphatic heterocycles. The maximum absolute atomic E-state index is 13.6. The molecule has 2 aromatic heterocycles. The number of aromatic carboxylic acids is 1. The second kappa shape index (κ2) is 4.90. The minimum Gasteiger partial charge on any atom is -0.476 e. The van der Waals surface area contributed by atoms with Crippen LogP contribution >= 0.6 is 0 Å². The lowest BCUT2D eigenvalue weighted by Gasteiger charge is -2.08. The van der Waals surface area contributed by atoms with Crippen molar-refractivity contribution in [3.8, 4) is 0 Å². The molecule has 0 bridgehead atoms. The predicted molar refractivity (Wildman–Crippen MR) is 76.6 cm³/mol. The Morgan fingerprint density at radius 2 is 2.10 bits per heavy atom. The number of benzene rings is 1. The molecule has 3 aromatic rings. The summed E-state index contributed by atoms with van der Waals surface area (Å²) in [6.45, 7) is 1.62. The highest BCUT2D eigenvalue weighted by Gasteiger charge is 2.19. The molecule has 0 radical (unpaired) electrons. The Bertz CT molecular complexity index is 842. The number of carboxylic acid groups (broad SMARTS) is 1. The highest BCUT2D eigenvalue weighted by Crippen LogP contribution is 2.25. The van der Waals surface area contributed by atoms with Gasteiger partial charge in [-0.15, -0.1) is 0 Å². The van der Waals surface area contributed by atoms with Crippen molar-refractivity contribution < 1.29 is 14.3 Å². The molecule has 0 aliphatic carbocycles. The number of halogens is 1. The van der Waals surface area contributed by atoms with Gasteiger partial charge in [0.05, 0.1) is 0 Å². The van der Waals surface area contributed by atoms with Gasteiger partial charge < -0.3 is 10.4 Å². The fourth-order valence-corrected chi connectivity index (χ4v) is 2.16. The summed E-state index contributed by atoms with van der Waals surface area (Å²) in [5.74, 6) is -1.28. The Hall–Kier alpha value is -2.89. The smallest absolute Gasteiger partial charge is 0.356 e. The normalized spacial score (nSPS) is 10.8. The molecule has 0 saturated carbocycles. The van der Waals surface area contributed by atoms with Crippen LogP contribution in [0.5, 0.6) is 0 Å². The van der Waals surface area contributed by atoms with Crippen molar-refractivity contribution in [1.82, 2.24) is 9.38 Å². The molecule has 6 heteroatoms. The Morgan fingerprint density at radius 1 is 1.29 bits per heavy atom. The number of imidazole rings is 1. The van der Waals surface area contributed by atoms with Gasteiger partial charge >= 0.3 is 5.97 Å². The number of hydrogen-bond donors (Lipinski definition) is 2. The number of rotatable bonds is 3. The van der Waals surface area contributed by atoms with Crippen LogP contribution in [0.3, 0.4) is 0 Å². The second-order valence-corrected chi connectivity index (χ2v) is 4.58. The fourth-order valence-electron chi connectivity index (χ4n) is 2.16. The van der Waals surface area contributed by atoms with E-state index in [0.29, 0.717) is 16.9 Å². The van der Waals surface area contributed by atoms with E-state index >= 15 is 0 Å². The third-order valence-corrected chi connectivity index (χ3v) is 3.25. The highest BCUT2D eigenvalue weighted by atomic mass is 19.1. The molecule has 1 aromatic carbocycles. The SMILES string of the molecule is Cc1c(F)cccc1Nc1nc2ccccn2c1C(=O)O. The van der Waals surface area contributed by atoms with Gasteiger partial charge in [-0.3, -0.25) is 4.40 Å². The van der Waals surface area contributed by atoms with Crippen molar-refractivity contribution in [1.29, 1.82) is 0 Å². The van der Waals surface area contributed by atoms with Gasteiger partial charge in [-0.25, -0.2) is 14.2 Å². The van der Waals surface area contributed by atoms with Gasteiger partial charge in [0.25, 0.3) is 0 Å². The largest absolute Gasteiger partial charge is 0.476 e. The minimum absolute atomic E-state index is 0.00858. The number of nitrogens with one attached hydrogen (secondary N) is 1. The number of fused-ring (bicyclic) bond motifs is 1. The molecule has 0 unspecified atom stereocenters. The van der Waals surface area contributed by atoms with Gasteiger partial charge in [0.15, 0.2) is 11.5 Å². The van der Waals surface area contributed by atoms with Crippen LogP contribution < -0.4 is 5.32 Å². The van der Waals surface area contributed by atoms with E-state index in [9.17, 15) is 14.3 Å². The van der Waals surface area contributed by atoms with E-state index in [1.165, 1.54) is 10.5 Å². The maximum Gasteiger partial charge on any atom is 0.356 e. The van der Waals surface area contributed by atoms with Crippen LogP contribution in [0.1, 0.15) is 16.1 Å². The quantitative estimate of drug-likeness (QED) is 0.775. The Balaban J connectivity index is 2.14. The first kappa shape index (κ1) is 13.1. The molecule has 3 rings (SSSR count). The van der Waals surface area contributed by atoms with E-state index in [0.717, 1.165) is 0 Å². The average molecular weight is 285 g/mol. The van der Waals surface area contributed by atoms with E-state index in [-0.39, 0.29) is 17.3 Å². The molecule has 0 saturated heterocycles. The summed E-state index contributed by atoms with van der Waals surface area (Å²) < 4.78 is 15.0. The van der Waals surface area contributed by atoms with Gasteiger partial charge in [-0.05, 0) is 31.2 Å². The van der Waals surface area contributed by atoms with E-state index in [2.05, 4.69) is 10.3 Å². The van der Waals surface area contributed by atoms with E-state index in [4.69, 9.17) is 0 Å². The van der Waals surface area contributed by atoms with Crippen LogP contribution in [0.4, 0.5) is 15.9 Å². The van der Waals surface area contributed by atoms with Gasteiger partial charge in [0.2, 0.25) is 0 Å². The van der Waals surface area contributed by atoms with Gasteiger partial charge in [-0.2, -0.15) is 0 Å². The number of aromatic nitrogens is 2. The van der Waals surface area contributed by atoms with Crippen molar-refractivity contribution in [2.75, 3.05) is 5.32 Å². The van der Waals surface area contributed by atoms with Crippen molar-refractivity contribution >= 4 is 23.1 Å². The van der Waals surface area contributed by atoms with Gasteiger partial charge in [0, 0.05) is 17.4 Å². The monoisotopic (exact) mass is 285 g/mol. The molecule has 2 heterocycles. The summed E-state index contributed by atoms with van der Waals surface area (Å²) in [6, 6.07) is 9.77. The van der Waals surface area contributed by atoms with Crippen molar-refractivity contribution in [2.45, 2.75) is 6.92 Å². The molecular formula is C15H12FN3O2. The zero-order chi connectivity index (χ0) is 15.0. The van der Waals surface area contributed by atoms with Crippen molar-refractivity contribution in [2.24, 2.45) is 0 Å². The fraction of sp³-hybridized carbons (Fsp3) is 0.0667.